The maximum atomic E-state index is 12.9. The van der Waals surface area contributed by atoms with Crippen LogP contribution in [0.4, 0.5) is 0 Å². The number of fused-ring (bicyclic) bond motifs is 1. The van der Waals surface area contributed by atoms with Crippen molar-refractivity contribution in [1.29, 1.82) is 0 Å². The van der Waals surface area contributed by atoms with Crippen LogP contribution in [-0.2, 0) is 17.8 Å². The van der Waals surface area contributed by atoms with Crippen molar-refractivity contribution in [2.75, 3.05) is 13.2 Å². The molecule has 0 unspecified atom stereocenters. The van der Waals surface area contributed by atoms with Crippen LogP contribution in [0, 0.1) is 0 Å². The topological polar surface area (TPSA) is 77.6 Å². The number of ether oxygens (including phenoxy) is 1. The van der Waals surface area contributed by atoms with Gasteiger partial charge in [0.15, 0.2) is 0 Å². The van der Waals surface area contributed by atoms with Gasteiger partial charge in [0.25, 0.3) is 5.56 Å². The number of halogens is 1. The van der Waals surface area contributed by atoms with E-state index >= 15 is 0 Å². The number of nitrogens with one attached hydrogen (secondary N) is 1. The monoisotopic (exact) mass is 464 g/mol. The number of rotatable bonds is 9. The van der Waals surface area contributed by atoms with Gasteiger partial charge in [0.1, 0.15) is 11.3 Å². The SMILES string of the molecule is CCOc1ccc(-c2cc3c(=O)n(CCC(=O)NCCc4ccc(Cl)cc4)ccn3n2)cc1. The normalized spacial score (nSPS) is 11.0. The molecular weight excluding hydrogens is 440 g/mol. The summed E-state index contributed by atoms with van der Waals surface area (Å²) in [6.45, 7) is 3.37. The van der Waals surface area contributed by atoms with Crippen molar-refractivity contribution in [2.24, 2.45) is 0 Å². The molecule has 0 bridgehead atoms. The van der Waals surface area contributed by atoms with Gasteiger partial charge in [0, 0.05) is 42.5 Å². The van der Waals surface area contributed by atoms with Crippen LogP contribution in [0.5, 0.6) is 5.75 Å². The number of nitrogens with zero attached hydrogens (tertiary/aromatic N) is 3. The van der Waals surface area contributed by atoms with Gasteiger partial charge in [-0.05, 0) is 61.4 Å². The summed E-state index contributed by atoms with van der Waals surface area (Å²) in [6.07, 6.45) is 4.33. The van der Waals surface area contributed by atoms with Crippen molar-refractivity contribution in [3.05, 3.63) is 87.9 Å². The molecule has 0 aliphatic carbocycles. The van der Waals surface area contributed by atoms with Crippen LogP contribution in [0.25, 0.3) is 16.8 Å². The molecule has 0 fully saturated rings. The smallest absolute Gasteiger partial charge is 0.276 e. The highest BCUT2D eigenvalue weighted by molar-refractivity contribution is 6.30. The quantitative estimate of drug-likeness (QED) is 0.406. The molecule has 1 amide bonds. The van der Waals surface area contributed by atoms with Crippen LogP contribution in [0.3, 0.4) is 0 Å². The minimum absolute atomic E-state index is 0.0979. The van der Waals surface area contributed by atoms with Gasteiger partial charge in [-0.25, -0.2) is 4.52 Å². The number of carbonyl (C=O) groups excluding carboxylic acids is 1. The molecule has 4 rings (SSSR count). The van der Waals surface area contributed by atoms with Gasteiger partial charge >= 0.3 is 0 Å². The van der Waals surface area contributed by atoms with Crippen molar-refractivity contribution >= 4 is 23.0 Å². The van der Waals surface area contributed by atoms with Gasteiger partial charge in [-0.3, -0.25) is 9.59 Å². The number of hydrogen-bond acceptors (Lipinski definition) is 4. The molecule has 0 spiro atoms. The van der Waals surface area contributed by atoms with Crippen molar-refractivity contribution in [1.82, 2.24) is 19.5 Å². The minimum Gasteiger partial charge on any atom is -0.494 e. The number of benzene rings is 2. The molecule has 1 N–H and O–H groups in total. The summed E-state index contributed by atoms with van der Waals surface area (Å²) in [4.78, 5) is 25.1. The van der Waals surface area contributed by atoms with E-state index in [0.29, 0.717) is 35.9 Å². The van der Waals surface area contributed by atoms with E-state index in [2.05, 4.69) is 10.4 Å². The molecule has 2 heterocycles. The number of hydrogen-bond donors (Lipinski definition) is 1. The average Bonchev–Trinajstić information content (AvgIpc) is 3.26. The lowest BCUT2D eigenvalue weighted by molar-refractivity contribution is -0.121. The van der Waals surface area contributed by atoms with E-state index in [1.165, 1.54) is 4.57 Å². The van der Waals surface area contributed by atoms with Gasteiger partial charge in [-0.15, -0.1) is 0 Å². The fraction of sp³-hybridized carbons (Fsp3) is 0.240. The van der Waals surface area contributed by atoms with Gasteiger partial charge in [-0.2, -0.15) is 5.10 Å². The van der Waals surface area contributed by atoms with Crippen LogP contribution < -0.4 is 15.6 Å². The van der Waals surface area contributed by atoms with Crippen molar-refractivity contribution in [2.45, 2.75) is 26.3 Å². The third kappa shape index (κ3) is 5.62. The van der Waals surface area contributed by atoms with Gasteiger partial charge < -0.3 is 14.6 Å². The number of aryl methyl sites for hydroxylation is 1. The Morgan fingerprint density at radius 3 is 2.58 bits per heavy atom. The summed E-state index contributed by atoms with van der Waals surface area (Å²) < 4.78 is 8.58. The Bertz CT molecular complexity index is 1290. The molecule has 0 atom stereocenters. The van der Waals surface area contributed by atoms with Crippen LogP contribution >= 0.6 is 11.6 Å². The highest BCUT2D eigenvalue weighted by Crippen LogP contribution is 2.22. The molecule has 8 heteroatoms. The Morgan fingerprint density at radius 1 is 1.09 bits per heavy atom. The molecule has 4 aromatic rings. The molecule has 2 aromatic carbocycles. The molecule has 0 radical (unpaired) electrons. The molecule has 0 aliphatic rings. The molecule has 0 saturated carbocycles. The molecular formula is C25H25ClN4O3. The third-order valence-electron chi connectivity index (χ3n) is 5.29. The summed E-state index contributed by atoms with van der Waals surface area (Å²) in [7, 11) is 0. The predicted octanol–water partition coefficient (Wildman–Crippen LogP) is 3.96. The van der Waals surface area contributed by atoms with Gasteiger partial charge in [-0.1, -0.05) is 23.7 Å². The highest BCUT2D eigenvalue weighted by atomic mass is 35.5. The first-order valence-corrected chi connectivity index (χ1v) is 11.2. The van der Waals surface area contributed by atoms with E-state index < -0.39 is 0 Å². The second kappa shape index (κ2) is 10.4. The number of amides is 1. The minimum atomic E-state index is -0.184. The largest absolute Gasteiger partial charge is 0.494 e. The first-order chi connectivity index (χ1) is 16.0. The Labute approximate surface area is 196 Å². The van der Waals surface area contributed by atoms with E-state index in [-0.39, 0.29) is 17.9 Å². The average molecular weight is 465 g/mol. The molecule has 2 aromatic heterocycles. The number of carbonyl (C=O) groups is 1. The van der Waals surface area contributed by atoms with Gasteiger partial charge in [0.05, 0.1) is 12.3 Å². The van der Waals surface area contributed by atoms with Crippen molar-refractivity contribution < 1.29 is 9.53 Å². The first kappa shape index (κ1) is 22.6. The zero-order valence-electron chi connectivity index (χ0n) is 18.3. The Morgan fingerprint density at radius 2 is 1.85 bits per heavy atom. The summed E-state index contributed by atoms with van der Waals surface area (Å²) in [5.74, 6) is 0.693. The second-order valence-electron chi connectivity index (χ2n) is 7.59. The second-order valence-corrected chi connectivity index (χ2v) is 8.03. The lowest BCUT2D eigenvalue weighted by Gasteiger charge is -2.08. The maximum Gasteiger partial charge on any atom is 0.276 e. The summed E-state index contributed by atoms with van der Waals surface area (Å²) in [5, 5.41) is 8.09. The predicted molar refractivity (Wildman–Crippen MR) is 129 cm³/mol. The Balaban J connectivity index is 1.37. The molecule has 0 aliphatic heterocycles. The van der Waals surface area contributed by atoms with E-state index in [1.807, 2.05) is 55.5 Å². The fourth-order valence-corrected chi connectivity index (χ4v) is 3.67. The summed E-state index contributed by atoms with van der Waals surface area (Å²) in [5.41, 5.74) is 2.98. The highest BCUT2D eigenvalue weighted by Gasteiger charge is 2.10. The summed E-state index contributed by atoms with van der Waals surface area (Å²) in [6, 6.07) is 16.9. The van der Waals surface area contributed by atoms with Crippen LogP contribution in [-0.4, -0.2) is 33.2 Å². The van der Waals surface area contributed by atoms with E-state index in [4.69, 9.17) is 16.3 Å². The zero-order valence-corrected chi connectivity index (χ0v) is 19.1. The van der Waals surface area contributed by atoms with Crippen LogP contribution in [0.15, 0.2) is 71.8 Å². The summed E-state index contributed by atoms with van der Waals surface area (Å²) >= 11 is 5.89. The number of aromatic nitrogens is 3. The molecule has 33 heavy (non-hydrogen) atoms. The Kier molecular flexibility index (Phi) is 7.10. The van der Waals surface area contributed by atoms with Crippen molar-refractivity contribution in [3.8, 4) is 17.0 Å². The third-order valence-corrected chi connectivity index (χ3v) is 5.55. The maximum absolute atomic E-state index is 12.9. The standard InChI is InChI=1S/C25H25ClN4O3/c1-2-33-21-9-5-19(6-10-21)22-17-23-25(32)29(15-16-30(23)28-22)14-12-24(31)27-13-11-18-3-7-20(26)8-4-18/h3-10,15-17H,2,11-14H2,1H3,(H,27,31). The van der Waals surface area contributed by atoms with E-state index in [9.17, 15) is 9.59 Å². The molecule has 7 nitrogen and oxygen atoms in total. The molecule has 0 saturated heterocycles. The molecule has 170 valence electrons. The van der Waals surface area contributed by atoms with E-state index in [0.717, 1.165) is 23.3 Å². The van der Waals surface area contributed by atoms with E-state index in [1.54, 1.807) is 23.0 Å². The van der Waals surface area contributed by atoms with Crippen molar-refractivity contribution in [3.63, 3.8) is 0 Å². The van der Waals surface area contributed by atoms with Crippen LogP contribution in [0.1, 0.15) is 18.9 Å². The Hall–Kier alpha value is -3.58. The van der Waals surface area contributed by atoms with Crippen LogP contribution in [0.2, 0.25) is 5.02 Å². The fourth-order valence-electron chi connectivity index (χ4n) is 3.54. The lowest BCUT2D eigenvalue weighted by atomic mass is 10.1. The van der Waals surface area contributed by atoms with Gasteiger partial charge in [0.2, 0.25) is 5.91 Å². The lowest BCUT2D eigenvalue weighted by Crippen LogP contribution is -2.29. The first-order valence-electron chi connectivity index (χ1n) is 10.9. The zero-order chi connectivity index (χ0) is 23.2.